The summed E-state index contributed by atoms with van der Waals surface area (Å²) in [6.45, 7) is 10.8. The zero-order valence-electron chi connectivity index (χ0n) is 20.2. The lowest BCUT2D eigenvalue weighted by Crippen LogP contribution is -2.41. The predicted molar refractivity (Wildman–Crippen MR) is 136 cm³/mol. The average molecular weight is 581 g/mol. The molecule has 2 N–H and O–H groups in total. The Morgan fingerprint density at radius 2 is 2.00 bits per heavy atom. The largest absolute Gasteiger partial charge is 0.444 e. The number of halogens is 1. The van der Waals surface area contributed by atoms with Crippen LogP contribution >= 0.6 is 22.6 Å². The van der Waals surface area contributed by atoms with E-state index in [-0.39, 0.29) is 30.3 Å². The summed E-state index contributed by atoms with van der Waals surface area (Å²) in [6, 6.07) is 0.0231. The summed E-state index contributed by atoms with van der Waals surface area (Å²) < 4.78 is 21.7. The van der Waals surface area contributed by atoms with E-state index in [4.69, 9.17) is 19.9 Å². The molecule has 5 rings (SSSR count). The molecule has 1 aliphatic carbocycles. The summed E-state index contributed by atoms with van der Waals surface area (Å²) in [6.07, 6.45) is 6.95. The number of hydrogen-bond acceptors (Lipinski definition) is 7. The van der Waals surface area contributed by atoms with E-state index in [2.05, 4.69) is 49.4 Å². The SMILES string of the molecule is CC(C)(C)OC(=O)N1CCC=C([C@H]2C[C@H](n3cc(I)c4c(N)ncnc43)[C@@H]3OC(C)(C)O[C@@H]32)C1. The number of amides is 1. The van der Waals surface area contributed by atoms with Gasteiger partial charge in [0, 0.05) is 28.8 Å². The maximum Gasteiger partial charge on any atom is 0.410 e. The Bertz CT molecular complexity index is 1150. The number of nitrogens with zero attached hydrogens (tertiary/aromatic N) is 4. The van der Waals surface area contributed by atoms with Crippen LogP contribution in [0.15, 0.2) is 24.2 Å². The van der Waals surface area contributed by atoms with Gasteiger partial charge in [-0.25, -0.2) is 14.8 Å². The first-order chi connectivity index (χ1) is 15.9. The van der Waals surface area contributed by atoms with Gasteiger partial charge in [0.25, 0.3) is 0 Å². The minimum Gasteiger partial charge on any atom is -0.444 e. The number of rotatable bonds is 2. The van der Waals surface area contributed by atoms with Crippen LogP contribution in [-0.4, -0.2) is 62.2 Å². The Morgan fingerprint density at radius 1 is 1.26 bits per heavy atom. The first kappa shape index (κ1) is 23.8. The van der Waals surface area contributed by atoms with E-state index in [1.165, 1.54) is 11.9 Å². The molecule has 2 fully saturated rings. The lowest BCUT2D eigenvalue weighted by atomic mass is 9.91. The number of aromatic nitrogens is 3. The third-order valence-corrected chi connectivity index (χ3v) is 7.51. The number of hydrogen-bond donors (Lipinski definition) is 1. The molecule has 34 heavy (non-hydrogen) atoms. The van der Waals surface area contributed by atoms with Gasteiger partial charge in [-0.15, -0.1) is 0 Å². The van der Waals surface area contributed by atoms with Crippen molar-refractivity contribution in [1.29, 1.82) is 0 Å². The molecule has 9 nitrogen and oxygen atoms in total. The molecule has 1 saturated heterocycles. The Kier molecular flexibility index (Phi) is 5.84. The maximum atomic E-state index is 12.8. The molecule has 10 heteroatoms. The van der Waals surface area contributed by atoms with Gasteiger partial charge in [-0.1, -0.05) is 6.08 Å². The van der Waals surface area contributed by atoms with Crippen molar-refractivity contribution in [1.82, 2.24) is 19.4 Å². The van der Waals surface area contributed by atoms with E-state index >= 15 is 0 Å². The first-order valence-corrected chi connectivity index (χ1v) is 12.8. The topological polar surface area (TPSA) is 105 Å². The fraction of sp³-hybridized carbons (Fsp3) is 0.625. The Balaban J connectivity index is 1.46. The van der Waals surface area contributed by atoms with Crippen LogP contribution in [0.1, 0.15) is 53.5 Å². The number of carbonyl (C=O) groups is 1. The second-order valence-electron chi connectivity index (χ2n) is 10.8. The molecule has 0 bridgehead atoms. The second kappa shape index (κ2) is 8.34. The van der Waals surface area contributed by atoms with Crippen molar-refractivity contribution in [2.45, 2.75) is 77.1 Å². The van der Waals surface area contributed by atoms with Gasteiger partial charge < -0.3 is 29.4 Å². The highest BCUT2D eigenvalue weighted by molar-refractivity contribution is 14.1. The highest BCUT2D eigenvalue weighted by atomic mass is 127. The van der Waals surface area contributed by atoms with Crippen LogP contribution in [0.3, 0.4) is 0 Å². The highest BCUT2D eigenvalue weighted by Crippen LogP contribution is 2.50. The normalized spacial score (nSPS) is 28.8. The van der Waals surface area contributed by atoms with Crippen LogP contribution in [-0.2, 0) is 14.2 Å². The van der Waals surface area contributed by atoms with Crippen LogP contribution in [0.5, 0.6) is 0 Å². The minimum absolute atomic E-state index is 0.0231. The molecule has 1 amide bonds. The van der Waals surface area contributed by atoms with Crippen LogP contribution in [0, 0.1) is 9.49 Å². The molecular formula is C24H32IN5O4. The lowest BCUT2D eigenvalue weighted by molar-refractivity contribution is -0.158. The van der Waals surface area contributed by atoms with Crippen molar-refractivity contribution >= 4 is 45.5 Å². The van der Waals surface area contributed by atoms with Crippen molar-refractivity contribution in [3.05, 3.63) is 27.7 Å². The molecule has 2 aromatic heterocycles. The van der Waals surface area contributed by atoms with Gasteiger partial charge >= 0.3 is 6.09 Å². The van der Waals surface area contributed by atoms with E-state index in [9.17, 15) is 4.79 Å². The molecule has 184 valence electrons. The fourth-order valence-corrected chi connectivity index (χ4v) is 6.24. The highest BCUT2D eigenvalue weighted by Gasteiger charge is 2.56. The quantitative estimate of drug-likeness (QED) is 0.418. The molecule has 0 aromatic carbocycles. The smallest absolute Gasteiger partial charge is 0.410 e. The molecule has 2 aromatic rings. The van der Waals surface area contributed by atoms with Gasteiger partial charge in [0.15, 0.2) is 5.79 Å². The maximum absolute atomic E-state index is 12.8. The third-order valence-electron chi connectivity index (χ3n) is 6.69. The molecule has 1 saturated carbocycles. The van der Waals surface area contributed by atoms with Gasteiger partial charge in [-0.2, -0.15) is 0 Å². The Morgan fingerprint density at radius 3 is 2.74 bits per heavy atom. The van der Waals surface area contributed by atoms with Crippen LogP contribution in [0.25, 0.3) is 11.0 Å². The number of ether oxygens (including phenoxy) is 3. The van der Waals surface area contributed by atoms with Crippen molar-refractivity contribution < 1.29 is 19.0 Å². The predicted octanol–water partition coefficient (Wildman–Crippen LogP) is 4.27. The number of nitrogens with two attached hydrogens (primary N) is 1. The number of carbonyl (C=O) groups excluding carboxylic acids is 1. The molecule has 4 heterocycles. The fourth-order valence-electron chi connectivity index (χ4n) is 5.42. The van der Waals surface area contributed by atoms with Gasteiger partial charge in [0.2, 0.25) is 0 Å². The summed E-state index contributed by atoms with van der Waals surface area (Å²) in [7, 11) is 0. The van der Waals surface area contributed by atoms with Crippen molar-refractivity contribution in [3.8, 4) is 0 Å². The molecule has 2 aliphatic heterocycles. The van der Waals surface area contributed by atoms with Crippen molar-refractivity contribution in [2.75, 3.05) is 18.8 Å². The monoisotopic (exact) mass is 581 g/mol. The van der Waals surface area contributed by atoms with Gasteiger partial charge in [0.1, 0.15) is 29.5 Å². The zero-order valence-corrected chi connectivity index (χ0v) is 22.4. The second-order valence-corrected chi connectivity index (χ2v) is 11.9. The summed E-state index contributed by atoms with van der Waals surface area (Å²) in [5.74, 6) is -0.0846. The van der Waals surface area contributed by atoms with Crippen molar-refractivity contribution in [2.24, 2.45) is 5.92 Å². The number of nitrogen functional groups attached to an aromatic ring is 1. The molecule has 3 aliphatic rings. The minimum atomic E-state index is -0.684. The number of anilines is 1. The van der Waals surface area contributed by atoms with Gasteiger partial charge in [-0.05, 0) is 75.6 Å². The van der Waals surface area contributed by atoms with Gasteiger partial charge in [-0.3, -0.25) is 0 Å². The van der Waals surface area contributed by atoms with E-state index < -0.39 is 11.4 Å². The summed E-state index contributed by atoms with van der Waals surface area (Å²) in [4.78, 5) is 23.3. The zero-order chi connectivity index (χ0) is 24.4. The third kappa shape index (κ3) is 4.28. The molecule has 0 radical (unpaired) electrons. The van der Waals surface area contributed by atoms with E-state index in [1.807, 2.05) is 34.6 Å². The van der Waals surface area contributed by atoms with Gasteiger partial charge in [0.05, 0.1) is 17.5 Å². The van der Waals surface area contributed by atoms with E-state index in [1.54, 1.807) is 4.90 Å². The van der Waals surface area contributed by atoms with Crippen molar-refractivity contribution in [3.63, 3.8) is 0 Å². The Labute approximate surface area is 213 Å². The van der Waals surface area contributed by atoms with E-state index in [0.29, 0.717) is 18.9 Å². The number of fused-ring (bicyclic) bond motifs is 2. The molecule has 0 unspecified atom stereocenters. The standard InChI is InChI=1S/C24H32IN5O4/c1-23(2,3)34-22(31)29-8-6-7-13(10-29)14-9-16(19-18(14)32-24(4,5)33-19)30-11-15(25)17-20(26)27-12-28-21(17)30/h7,11-12,14,16,18-19H,6,8-10H2,1-5H3,(H2,26,27,28)/t14-,16+,18-,19+/m1/s1. The molecule has 0 spiro atoms. The summed E-state index contributed by atoms with van der Waals surface area (Å²) in [5.41, 5.74) is 7.66. The van der Waals surface area contributed by atoms with Crippen LogP contribution in [0.2, 0.25) is 0 Å². The molecule has 4 atom stereocenters. The first-order valence-electron chi connectivity index (χ1n) is 11.7. The van der Waals surface area contributed by atoms with Crippen LogP contribution in [0.4, 0.5) is 10.6 Å². The summed E-state index contributed by atoms with van der Waals surface area (Å²) >= 11 is 2.28. The Hall–Kier alpha value is -1.92. The van der Waals surface area contributed by atoms with E-state index in [0.717, 1.165) is 27.4 Å². The van der Waals surface area contributed by atoms with Crippen LogP contribution < -0.4 is 5.73 Å². The lowest BCUT2D eigenvalue weighted by Gasteiger charge is -2.33. The molecular weight excluding hydrogens is 549 g/mol. The average Bonchev–Trinajstić information content (AvgIpc) is 3.35. The summed E-state index contributed by atoms with van der Waals surface area (Å²) in [5, 5.41) is 0.870.